The Morgan fingerprint density at radius 1 is 0.849 bits per heavy atom. The number of rotatable bonds is 29. The molecule has 0 unspecified atom stereocenters. The molecule has 1 heterocycles. The number of ketones is 1. The minimum Gasteiger partial charge on any atom is -0.480 e. The molecule has 1 aromatic heterocycles. The van der Waals surface area contributed by atoms with Crippen LogP contribution in [0.15, 0.2) is 48.7 Å². The summed E-state index contributed by atoms with van der Waals surface area (Å²) in [6, 6.07) is 8.73. The summed E-state index contributed by atoms with van der Waals surface area (Å²) in [5.41, 5.74) is 6.82. The number of nitrogens with zero attached hydrogens (tertiary/aromatic N) is 3. The number of hydrogen-bond acceptors (Lipinski definition) is 12. The number of nitrogens with one attached hydrogen (secondary N) is 2. The topological polar surface area (TPSA) is 187 Å². The largest absolute Gasteiger partial charge is 0.480 e. The van der Waals surface area contributed by atoms with E-state index in [0.717, 1.165) is 12.1 Å². The number of amides is 2. The second kappa shape index (κ2) is 25.6. The lowest BCUT2D eigenvalue weighted by Crippen LogP contribution is -2.43. The van der Waals surface area contributed by atoms with Crippen LogP contribution in [0.25, 0.3) is 5.69 Å². The van der Waals surface area contributed by atoms with Crippen LogP contribution in [-0.2, 0) is 39.8 Å². The van der Waals surface area contributed by atoms with Crippen molar-refractivity contribution in [2.45, 2.75) is 45.2 Å². The average molecular weight is 749 g/mol. The van der Waals surface area contributed by atoms with Gasteiger partial charge in [0.05, 0.1) is 83.9 Å². The highest BCUT2D eigenvalue weighted by atomic mass is 19.1. The molecule has 3 rings (SSSR count). The Morgan fingerprint density at radius 2 is 1.47 bits per heavy atom. The predicted molar refractivity (Wildman–Crippen MR) is 189 cm³/mol. The molecule has 292 valence electrons. The molecule has 0 saturated heterocycles. The Balaban J connectivity index is 1.37. The summed E-state index contributed by atoms with van der Waals surface area (Å²) in [5, 5.41) is 13.7. The van der Waals surface area contributed by atoms with E-state index in [2.05, 4.69) is 20.9 Å². The Hall–Kier alpha value is -4.39. The maximum Gasteiger partial charge on any atom is 0.251 e. The molecule has 2 amide bonds. The minimum atomic E-state index is -0.981. The fourth-order valence-electron chi connectivity index (χ4n) is 4.67. The van der Waals surface area contributed by atoms with Gasteiger partial charge in [-0.1, -0.05) is 17.3 Å². The fourth-order valence-corrected chi connectivity index (χ4v) is 4.67. The van der Waals surface area contributed by atoms with Gasteiger partial charge in [-0.15, -0.1) is 5.10 Å². The SMILES string of the molecule is CCOCCOCCOCCOCCOCCC(=O)NCc1cn(-c2cccc(C(=O)N[C@@H](CCCCN)C(=O)COc3c(F)cccc3F)c2)nn1. The van der Waals surface area contributed by atoms with Gasteiger partial charge >= 0.3 is 0 Å². The van der Waals surface area contributed by atoms with Gasteiger partial charge < -0.3 is 44.8 Å². The van der Waals surface area contributed by atoms with Crippen LogP contribution in [0.5, 0.6) is 5.75 Å². The first kappa shape index (κ1) is 43.0. The van der Waals surface area contributed by atoms with Gasteiger partial charge in [-0.05, 0) is 63.1 Å². The number of carbonyl (C=O) groups is 3. The summed E-state index contributed by atoms with van der Waals surface area (Å²) in [7, 11) is 0. The highest BCUT2D eigenvalue weighted by Gasteiger charge is 2.23. The molecule has 0 aliphatic heterocycles. The molecule has 2 aromatic carbocycles. The summed E-state index contributed by atoms with van der Waals surface area (Å²) in [4.78, 5) is 38.5. The van der Waals surface area contributed by atoms with Crippen LogP contribution in [0.3, 0.4) is 0 Å². The molecule has 0 saturated carbocycles. The average Bonchev–Trinajstić information content (AvgIpc) is 3.64. The molecular formula is C36H50F2N6O9. The van der Waals surface area contributed by atoms with Crippen LogP contribution in [-0.4, -0.2) is 118 Å². The third-order valence-electron chi connectivity index (χ3n) is 7.46. The van der Waals surface area contributed by atoms with Crippen LogP contribution in [0, 0.1) is 11.6 Å². The number of hydrogen-bond donors (Lipinski definition) is 3. The van der Waals surface area contributed by atoms with Gasteiger partial charge in [0.2, 0.25) is 5.91 Å². The van der Waals surface area contributed by atoms with Crippen molar-refractivity contribution < 1.29 is 51.6 Å². The fraction of sp³-hybridized carbons (Fsp3) is 0.528. The smallest absolute Gasteiger partial charge is 0.251 e. The molecule has 53 heavy (non-hydrogen) atoms. The lowest BCUT2D eigenvalue weighted by molar-refractivity contribution is -0.123. The molecule has 0 bridgehead atoms. The molecular weight excluding hydrogens is 698 g/mol. The van der Waals surface area contributed by atoms with Crippen molar-refractivity contribution in [1.29, 1.82) is 0 Å². The van der Waals surface area contributed by atoms with Gasteiger partial charge in [0, 0.05) is 18.6 Å². The van der Waals surface area contributed by atoms with E-state index in [1.54, 1.807) is 30.5 Å². The molecule has 3 aromatic rings. The van der Waals surface area contributed by atoms with Gasteiger partial charge in [0.25, 0.3) is 5.91 Å². The van der Waals surface area contributed by atoms with E-state index >= 15 is 0 Å². The van der Waals surface area contributed by atoms with Crippen molar-refractivity contribution in [2.75, 3.05) is 79.2 Å². The first-order valence-electron chi connectivity index (χ1n) is 17.6. The van der Waals surface area contributed by atoms with Crippen molar-refractivity contribution in [1.82, 2.24) is 25.6 Å². The maximum absolute atomic E-state index is 14.0. The third kappa shape index (κ3) is 16.9. The van der Waals surface area contributed by atoms with Crippen LogP contribution >= 0.6 is 0 Å². The predicted octanol–water partition coefficient (Wildman–Crippen LogP) is 2.53. The van der Waals surface area contributed by atoms with Crippen LogP contribution in [0.2, 0.25) is 0 Å². The van der Waals surface area contributed by atoms with E-state index < -0.39 is 41.7 Å². The number of Topliss-reactive ketones (excluding diaryl/α,β-unsaturated/α-hetero) is 1. The van der Waals surface area contributed by atoms with Gasteiger partial charge in [-0.25, -0.2) is 13.5 Å². The standard InChI is InChI=1S/C36H50F2N6O9/c1-2-48-15-16-50-19-20-52-22-21-51-18-17-49-14-12-34(46)40-24-28-25-44(43-42-28)29-8-5-7-27(23-29)36(47)41-32(11-3-4-13-39)33(45)26-53-35-30(37)9-6-10-31(35)38/h5-10,23,25,32H,2-4,11-22,24,26,39H2,1H3,(H,40,46)(H,41,47)/t32-/m0/s1. The molecule has 0 fully saturated rings. The Morgan fingerprint density at radius 3 is 2.11 bits per heavy atom. The van der Waals surface area contributed by atoms with E-state index in [9.17, 15) is 23.2 Å². The lowest BCUT2D eigenvalue weighted by atomic mass is 10.0. The zero-order valence-corrected chi connectivity index (χ0v) is 30.1. The van der Waals surface area contributed by atoms with E-state index in [0.29, 0.717) is 90.2 Å². The van der Waals surface area contributed by atoms with Crippen molar-refractivity contribution >= 4 is 17.6 Å². The molecule has 0 spiro atoms. The van der Waals surface area contributed by atoms with E-state index in [1.165, 1.54) is 10.7 Å². The van der Waals surface area contributed by atoms with Gasteiger partial charge in [0.1, 0.15) is 12.3 Å². The first-order valence-corrected chi connectivity index (χ1v) is 17.6. The summed E-state index contributed by atoms with van der Waals surface area (Å²) < 4.78 is 61.4. The monoisotopic (exact) mass is 748 g/mol. The van der Waals surface area contributed by atoms with E-state index in [-0.39, 0.29) is 37.5 Å². The summed E-state index contributed by atoms with van der Waals surface area (Å²) in [5.74, 6) is -3.87. The normalized spacial score (nSPS) is 11.7. The lowest BCUT2D eigenvalue weighted by Gasteiger charge is -2.18. The highest BCUT2D eigenvalue weighted by molar-refractivity contribution is 5.98. The van der Waals surface area contributed by atoms with Crippen LogP contribution in [0.4, 0.5) is 8.78 Å². The van der Waals surface area contributed by atoms with Crippen molar-refractivity contribution in [3.63, 3.8) is 0 Å². The number of ether oxygens (including phenoxy) is 6. The number of benzene rings is 2. The van der Waals surface area contributed by atoms with Crippen molar-refractivity contribution in [3.05, 3.63) is 71.6 Å². The quantitative estimate of drug-likeness (QED) is 0.0883. The number of unbranched alkanes of at least 4 members (excludes halogenated alkanes) is 1. The Kier molecular flexibility index (Phi) is 20.7. The summed E-state index contributed by atoms with van der Waals surface area (Å²) >= 11 is 0. The minimum absolute atomic E-state index is 0.130. The molecule has 17 heteroatoms. The highest BCUT2D eigenvalue weighted by Crippen LogP contribution is 2.21. The second-order valence-electron chi connectivity index (χ2n) is 11.5. The van der Waals surface area contributed by atoms with Crippen molar-refractivity contribution in [3.8, 4) is 11.4 Å². The Labute approximate surface area is 307 Å². The summed E-state index contributed by atoms with van der Waals surface area (Å²) in [6.45, 7) is 6.41. The molecule has 4 N–H and O–H groups in total. The van der Waals surface area contributed by atoms with Gasteiger partial charge in [-0.3, -0.25) is 14.4 Å². The zero-order valence-electron chi connectivity index (χ0n) is 30.1. The Bertz CT molecular complexity index is 1510. The molecule has 0 aliphatic rings. The summed E-state index contributed by atoms with van der Waals surface area (Å²) in [6.07, 6.45) is 3.17. The van der Waals surface area contributed by atoms with Gasteiger partial charge in [0.15, 0.2) is 23.2 Å². The molecule has 1 atom stereocenters. The van der Waals surface area contributed by atoms with Crippen LogP contribution in [0.1, 0.15) is 48.7 Å². The van der Waals surface area contributed by atoms with Crippen molar-refractivity contribution in [2.24, 2.45) is 5.73 Å². The second-order valence-corrected chi connectivity index (χ2v) is 11.5. The number of halogens is 2. The number of aromatic nitrogens is 3. The number of carbonyl (C=O) groups excluding carboxylic acids is 3. The molecule has 0 radical (unpaired) electrons. The zero-order chi connectivity index (χ0) is 38.1. The van der Waals surface area contributed by atoms with Gasteiger partial charge in [-0.2, -0.15) is 0 Å². The van der Waals surface area contributed by atoms with E-state index in [4.69, 9.17) is 34.2 Å². The third-order valence-corrected chi connectivity index (χ3v) is 7.46. The first-order chi connectivity index (χ1) is 25.8. The number of nitrogens with two attached hydrogens (primary N) is 1. The molecule has 0 aliphatic carbocycles. The van der Waals surface area contributed by atoms with Crippen LogP contribution < -0.4 is 21.1 Å². The van der Waals surface area contributed by atoms with E-state index in [1.807, 2.05) is 6.92 Å². The molecule has 15 nitrogen and oxygen atoms in total. The maximum atomic E-state index is 14.0. The number of para-hydroxylation sites is 1.